The minimum Gasteiger partial charge on any atom is -0.506 e. The standard InChI is InChI=1S/C24H18N2O2S/c25-24-23(22(28)18-12-6-2-7-13-18)29-21(26(24)19-14-8-3-9-15-19)16-20(27)17-10-4-1-5-11-17/h1-16,25,28H/b21-16+,23-22+,25-24?. The first-order valence-corrected chi connectivity index (χ1v) is 9.88. The van der Waals surface area contributed by atoms with Gasteiger partial charge in [0.05, 0.1) is 0 Å². The SMILES string of the molecule is N=c1/c(=C(\O)c2ccccc2)s/c(=C/C(=O)c2ccccc2)n1-c1ccccc1. The van der Waals surface area contributed by atoms with E-state index in [9.17, 15) is 9.90 Å². The van der Waals surface area contributed by atoms with Crippen LogP contribution in [0, 0.1) is 5.41 Å². The Morgan fingerprint density at radius 1 is 0.828 bits per heavy atom. The lowest BCUT2D eigenvalue weighted by Crippen LogP contribution is -2.31. The molecule has 4 nitrogen and oxygen atoms in total. The molecule has 0 amide bonds. The maximum absolute atomic E-state index is 12.8. The molecule has 142 valence electrons. The third kappa shape index (κ3) is 3.81. The number of hydrogen-bond donors (Lipinski definition) is 2. The highest BCUT2D eigenvalue weighted by Gasteiger charge is 2.11. The molecule has 0 saturated carbocycles. The van der Waals surface area contributed by atoms with Gasteiger partial charge >= 0.3 is 0 Å². The molecule has 4 rings (SSSR count). The number of aliphatic hydroxyl groups excluding tert-OH is 1. The molecule has 4 aromatic rings. The van der Waals surface area contributed by atoms with Gasteiger partial charge in [0.15, 0.2) is 11.3 Å². The van der Waals surface area contributed by atoms with Crippen molar-refractivity contribution in [2.45, 2.75) is 0 Å². The number of hydrogen-bond acceptors (Lipinski definition) is 4. The summed E-state index contributed by atoms with van der Waals surface area (Å²) >= 11 is 1.22. The molecule has 0 aliphatic carbocycles. The second kappa shape index (κ2) is 8.12. The normalized spacial score (nSPS) is 12.6. The minimum atomic E-state index is -0.151. The molecule has 0 saturated heterocycles. The Balaban J connectivity index is 2.00. The molecule has 0 fully saturated rings. The molecule has 2 N–H and O–H groups in total. The molecular formula is C24H18N2O2S. The first-order valence-electron chi connectivity index (χ1n) is 9.07. The number of nitrogens with zero attached hydrogens (tertiary/aromatic N) is 1. The van der Waals surface area contributed by atoms with E-state index >= 15 is 0 Å². The summed E-state index contributed by atoms with van der Waals surface area (Å²) in [5.74, 6) is -0.126. The van der Waals surface area contributed by atoms with Crippen LogP contribution in [-0.4, -0.2) is 15.5 Å². The van der Waals surface area contributed by atoms with Crippen molar-refractivity contribution >= 4 is 29.0 Å². The number of aliphatic hydroxyl groups is 1. The predicted octanol–water partition coefficient (Wildman–Crippen LogP) is 3.40. The van der Waals surface area contributed by atoms with Crippen LogP contribution in [0.2, 0.25) is 0 Å². The smallest absolute Gasteiger partial charge is 0.188 e. The minimum absolute atomic E-state index is 0.0251. The summed E-state index contributed by atoms with van der Waals surface area (Å²) < 4.78 is 2.67. The molecule has 0 spiro atoms. The van der Waals surface area contributed by atoms with Crippen molar-refractivity contribution in [2.24, 2.45) is 0 Å². The van der Waals surface area contributed by atoms with Crippen molar-refractivity contribution in [1.29, 1.82) is 5.41 Å². The van der Waals surface area contributed by atoms with Crippen LogP contribution in [-0.2, 0) is 0 Å². The van der Waals surface area contributed by atoms with E-state index in [-0.39, 0.29) is 17.0 Å². The Hall–Kier alpha value is -3.70. The van der Waals surface area contributed by atoms with Gasteiger partial charge in [-0.15, -0.1) is 11.3 Å². The van der Waals surface area contributed by atoms with Crippen molar-refractivity contribution in [3.8, 4) is 5.69 Å². The lowest BCUT2D eigenvalue weighted by molar-refractivity contribution is 0.106. The van der Waals surface area contributed by atoms with E-state index in [1.807, 2.05) is 66.7 Å². The number of para-hydroxylation sites is 1. The van der Waals surface area contributed by atoms with Crippen LogP contribution in [0.15, 0.2) is 91.0 Å². The number of ketones is 1. The zero-order chi connectivity index (χ0) is 20.2. The molecule has 5 heteroatoms. The Labute approximate surface area is 171 Å². The largest absolute Gasteiger partial charge is 0.506 e. The molecule has 0 aliphatic heterocycles. The highest BCUT2D eigenvalue weighted by molar-refractivity contribution is 7.07. The summed E-state index contributed by atoms with van der Waals surface area (Å²) in [6, 6.07) is 27.5. The van der Waals surface area contributed by atoms with Crippen LogP contribution < -0.4 is 14.7 Å². The average molecular weight is 398 g/mol. The Morgan fingerprint density at radius 3 is 1.93 bits per heavy atom. The fourth-order valence-corrected chi connectivity index (χ4v) is 4.09. The molecule has 0 radical (unpaired) electrons. The molecule has 3 aromatic carbocycles. The van der Waals surface area contributed by atoms with E-state index in [1.54, 1.807) is 28.8 Å². The van der Waals surface area contributed by atoms with Gasteiger partial charge in [0.1, 0.15) is 15.0 Å². The van der Waals surface area contributed by atoms with Crippen molar-refractivity contribution in [1.82, 2.24) is 4.57 Å². The van der Waals surface area contributed by atoms with E-state index < -0.39 is 0 Å². The highest BCUT2D eigenvalue weighted by Crippen LogP contribution is 2.08. The number of nitrogens with one attached hydrogen (secondary N) is 1. The fraction of sp³-hybridized carbons (Fsp3) is 0. The van der Waals surface area contributed by atoms with Gasteiger partial charge in [-0.1, -0.05) is 78.9 Å². The first kappa shape index (κ1) is 18.7. The van der Waals surface area contributed by atoms with Gasteiger partial charge in [-0.05, 0) is 12.1 Å². The van der Waals surface area contributed by atoms with E-state index in [4.69, 9.17) is 5.41 Å². The molecule has 29 heavy (non-hydrogen) atoms. The molecule has 0 atom stereocenters. The van der Waals surface area contributed by atoms with Crippen LogP contribution in [0.25, 0.3) is 17.5 Å². The number of benzene rings is 3. The van der Waals surface area contributed by atoms with E-state index in [0.717, 1.165) is 5.69 Å². The summed E-state index contributed by atoms with van der Waals surface area (Å²) in [6.07, 6.45) is 1.52. The first-order chi connectivity index (χ1) is 14.1. The maximum Gasteiger partial charge on any atom is 0.188 e. The van der Waals surface area contributed by atoms with Crippen LogP contribution in [0.1, 0.15) is 15.9 Å². The second-order valence-corrected chi connectivity index (χ2v) is 7.41. The number of carbonyl (C=O) groups excluding carboxylic acids is 1. The third-order valence-electron chi connectivity index (χ3n) is 4.46. The molecule has 1 aromatic heterocycles. The Morgan fingerprint density at radius 2 is 1.34 bits per heavy atom. The predicted molar refractivity (Wildman–Crippen MR) is 116 cm³/mol. The van der Waals surface area contributed by atoms with Gasteiger partial charge in [-0.2, -0.15) is 0 Å². The molecule has 0 bridgehead atoms. The average Bonchev–Trinajstić information content (AvgIpc) is 3.10. The molecule has 0 aliphatic rings. The van der Waals surface area contributed by atoms with Gasteiger partial charge in [0.2, 0.25) is 0 Å². The van der Waals surface area contributed by atoms with Crippen molar-refractivity contribution in [2.75, 3.05) is 0 Å². The van der Waals surface area contributed by atoms with Gasteiger partial charge in [0, 0.05) is 22.9 Å². The molecule has 1 heterocycles. The summed E-state index contributed by atoms with van der Waals surface area (Å²) in [5.41, 5.74) is 2.09. The van der Waals surface area contributed by atoms with Gasteiger partial charge < -0.3 is 5.11 Å². The van der Waals surface area contributed by atoms with E-state index in [1.165, 1.54) is 17.4 Å². The van der Waals surface area contributed by atoms with Crippen LogP contribution in [0.5, 0.6) is 0 Å². The van der Waals surface area contributed by atoms with Crippen molar-refractivity contribution in [3.05, 3.63) is 117 Å². The number of rotatable bonds is 4. The van der Waals surface area contributed by atoms with Crippen LogP contribution in [0.3, 0.4) is 0 Å². The number of Topliss-reactive ketones (excluding diaryl/α,β-unsaturated/α-hetero) is 1. The van der Waals surface area contributed by atoms with Gasteiger partial charge in [0.25, 0.3) is 0 Å². The van der Waals surface area contributed by atoms with Gasteiger partial charge in [-0.3, -0.25) is 14.8 Å². The monoisotopic (exact) mass is 398 g/mol. The van der Waals surface area contributed by atoms with E-state index in [2.05, 4.69) is 0 Å². The summed E-state index contributed by atoms with van der Waals surface area (Å²) in [5, 5.41) is 19.5. The van der Waals surface area contributed by atoms with E-state index in [0.29, 0.717) is 20.3 Å². The number of thiazole rings is 1. The fourth-order valence-electron chi connectivity index (χ4n) is 3.02. The lowest BCUT2D eigenvalue weighted by Gasteiger charge is -2.03. The van der Waals surface area contributed by atoms with Gasteiger partial charge in [-0.25, -0.2) is 0 Å². The quantitative estimate of drug-likeness (QED) is 0.518. The zero-order valence-corrected chi connectivity index (χ0v) is 16.3. The lowest BCUT2D eigenvalue weighted by atomic mass is 10.1. The zero-order valence-electron chi connectivity index (χ0n) is 15.4. The molecule has 0 unspecified atom stereocenters. The maximum atomic E-state index is 12.8. The van der Waals surface area contributed by atoms with Crippen molar-refractivity contribution in [3.63, 3.8) is 0 Å². The second-order valence-electron chi connectivity index (χ2n) is 6.38. The Kier molecular flexibility index (Phi) is 5.22. The van der Waals surface area contributed by atoms with Crippen LogP contribution >= 0.6 is 11.3 Å². The summed E-state index contributed by atoms with van der Waals surface area (Å²) in [4.78, 5) is 12.8. The topological polar surface area (TPSA) is 66.1 Å². The van der Waals surface area contributed by atoms with Crippen LogP contribution in [0.4, 0.5) is 0 Å². The van der Waals surface area contributed by atoms with Crippen molar-refractivity contribution < 1.29 is 9.90 Å². The Bertz CT molecular complexity index is 1320. The number of aromatic nitrogens is 1. The summed E-state index contributed by atoms with van der Waals surface area (Å²) in [6.45, 7) is 0. The highest BCUT2D eigenvalue weighted by atomic mass is 32.1. The third-order valence-corrected chi connectivity index (χ3v) is 5.56. The number of carbonyl (C=O) groups is 1. The molecular weight excluding hydrogens is 380 g/mol. The summed E-state index contributed by atoms with van der Waals surface area (Å²) in [7, 11) is 0.